The van der Waals surface area contributed by atoms with E-state index in [1.54, 1.807) is 6.07 Å². The Morgan fingerprint density at radius 2 is 1.83 bits per heavy atom. The first-order chi connectivity index (χ1) is 8.81. The van der Waals surface area contributed by atoms with Gasteiger partial charge in [0.1, 0.15) is 12.4 Å². The van der Waals surface area contributed by atoms with Gasteiger partial charge < -0.3 is 4.74 Å². The molecule has 0 aliphatic carbocycles. The Balaban J connectivity index is 2.00. The van der Waals surface area contributed by atoms with E-state index in [1.807, 2.05) is 42.5 Å². The van der Waals surface area contributed by atoms with E-state index in [0.29, 0.717) is 12.2 Å². The van der Waals surface area contributed by atoms with Crippen LogP contribution in [0.1, 0.15) is 16.7 Å². The van der Waals surface area contributed by atoms with Crippen LogP contribution in [-0.2, 0) is 11.9 Å². The Kier molecular flexibility index (Phi) is 4.38. The first-order valence-corrected chi connectivity index (χ1v) is 6.70. The number of hydrogen-bond donors (Lipinski definition) is 0. The molecule has 0 spiro atoms. The van der Waals surface area contributed by atoms with E-state index in [4.69, 9.17) is 10.00 Å². The molecule has 18 heavy (non-hydrogen) atoms. The van der Waals surface area contributed by atoms with Crippen molar-refractivity contribution in [3.63, 3.8) is 0 Å². The molecule has 2 rings (SSSR count). The second kappa shape index (κ2) is 6.23. The van der Waals surface area contributed by atoms with Gasteiger partial charge in [-0.05, 0) is 35.4 Å². The highest BCUT2D eigenvalue weighted by atomic mass is 79.9. The average molecular weight is 302 g/mol. The first kappa shape index (κ1) is 12.7. The molecule has 0 radical (unpaired) electrons. The summed E-state index contributed by atoms with van der Waals surface area (Å²) < 4.78 is 5.67. The fourth-order valence-electron chi connectivity index (χ4n) is 1.57. The zero-order valence-corrected chi connectivity index (χ0v) is 11.4. The third kappa shape index (κ3) is 3.35. The van der Waals surface area contributed by atoms with Crippen LogP contribution < -0.4 is 4.74 Å². The molecule has 0 N–H and O–H groups in total. The summed E-state index contributed by atoms with van der Waals surface area (Å²) in [4.78, 5) is 0. The highest BCUT2D eigenvalue weighted by Gasteiger charge is 1.98. The fraction of sp³-hybridized carbons (Fsp3) is 0.133. The summed E-state index contributed by atoms with van der Waals surface area (Å²) >= 11 is 3.40. The molecule has 0 atom stereocenters. The van der Waals surface area contributed by atoms with Gasteiger partial charge in [0.05, 0.1) is 11.6 Å². The highest BCUT2D eigenvalue weighted by molar-refractivity contribution is 9.08. The van der Waals surface area contributed by atoms with Crippen molar-refractivity contribution in [3.05, 3.63) is 65.2 Å². The summed E-state index contributed by atoms with van der Waals surface area (Å²) in [7, 11) is 0. The lowest BCUT2D eigenvalue weighted by Gasteiger charge is -2.07. The van der Waals surface area contributed by atoms with Gasteiger partial charge in [-0.1, -0.05) is 40.2 Å². The number of ether oxygens (including phenoxy) is 1. The van der Waals surface area contributed by atoms with Gasteiger partial charge in [0.25, 0.3) is 0 Å². The van der Waals surface area contributed by atoms with Crippen molar-refractivity contribution in [2.45, 2.75) is 11.9 Å². The van der Waals surface area contributed by atoms with Crippen LogP contribution in [0.2, 0.25) is 0 Å². The monoisotopic (exact) mass is 301 g/mol. The van der Waals surface area contributed by atoms with Gasteiger partial charge in [0.2, 0.25) is 0 Å². The maximum atomic E-state index is 8.81. The molecule has 0 saturated heterocycles. The zero-order chi connectivity index (χ0) is 12.8. The number of nitriles is 1. The van der Waals surface area contributed by atoms with Crippen LogP contribution in [0.15, 0.2) is 48.5 Å². The number of halogens is 1. The Bertz CT molecular complexity index is 557. The molecule has 0 bridgehead atoms. The molecule has 3 heteroatoms. The first-order valence-electron chi connectivity index (χ1n) is 5.58. The third-order valence-corrected chi connectivity index (χ3v) is 3.19. The highest BCUT2D eigenvalue weighted by Crippen LogP contribution is 2.16. The summed E-state index contributed by atoms with van der Waals surface area (Å²) in [5.41, 5.74) is 2.87. The fourth-order valence-corrected chi connectivity index (χ4v) is 1.95. The molecule has 0 aliphatic rings. The number of hydrogen-bond acceptors (Lipinski definition) is 2. The van der Waals surface area contributed by atoms with Gasteiger partial charge in [-0.25, -0.2) is 0 Å². The van der Waals surface area contributed by atoms with E-state index < -0.39 is 0 Å². The van der Waals surface area contributed by atoms with Gasteiger partial charge in [-0.3, -0.25) is 0 Å². The molecular formula is C15H12BrNO. The minimum atomic E-state index is 0.475. The zero-order valence-electron chi connectivity index (χ0n) is 9.77. The normalized spacial score (nSPS) is 9.78. The van der Waals surface area contributed by atoms with Crippen molar-refractivity contribution in [1.82, 2.24) is 0 Å². The van der Waals surface area contributed by atoms with E-state index in [9.17, 15) is 0 Å². The molecule has 2 nitrogen and oxygen atoms in total. The van der Waals surface area contributed by atoms with Crippen LogP contribution in [0.3, 0.4) is 0 Å². The molecule has 0 saturated carbocycles. The Labute approximate surface area is 115 Å². The van der Waals surface area contributed by atoms with Crippen molar-refractivity contribution in [2.75, 3.05) is 0 Å². The second-order valence-electron chi connectivity index (χ2n) is 3.88. The maximum absolute atomic E-state index is 8.81. The van der Waals surface area contributed by atoms with Gasteiger partial charge in [-0.2, -0.15) is 5.26 Å². The smallest absolute Gasteiger partial charge is 0.119 e. The third-order valence-electron chi connectivity index (χ3n) is 2.54. The standard InChI is InChI=1S/C15H12BrNO/c16-9-12-4-6-15(7-5-12)18-11-14-3-1-2-13(8-14)10-17/h1-8H,9,11H2. The quantitative estimate of drug-likeness (QED) is 0.799. The molecule has 0 fully saturated rings. The van der Waals surface area contributed by atoms with E-state index in [2.05, 4.69) is 22.0 Å². The molecular weight excluding hydrogens is 290 g/mol. The molecule has 0 heterocycles. The minimum Gasteiger partial charge on any atom is -0.489 e. The second-order valence-corrected chi connectivity index (χ2v) is 4.44. The van der Waals surface area contributed by atoms with Crippen LogP contribution >= 0.6 is 15.9 Å². The molecule has 2 aromatic carbocycles. The summed E-state index contributed by atoms with van der Waals surface area (Å²) in [6.45, 7) is 0.475. The Morgan fingerprint density at radius 1 is 1.06 bits per heavy atom. The topological polar surface area (TPSA) is 33.0 Å². The van der Waals surface area contributed by atoms with Gasteiger partial charge in [0, 0.05) is 5.33 Å². The largest absolute Gasteiger partial charge is 0.489 e. The van der Waals surface area contributed by atoms with Gasteiger partial charge in [0.15, 0.2) is 0 Å². The predicted molar refractivity (Wildman–Crippen MR) is 74.6 cm³/mol. The van der Waals surface area contributed by atoms with Crippen molar-refractivity contribution >= 4 is 15.9 Å². The summed E-state index contributed by atoms with van der Waals surface area (Å²) in [5, 5.41) is 9.65. The molecule has 0 aliphatic heterocycles. The Morgan fingerprint density at radius 3 is 2.50 bits per heavy atom. The average Bonchev–Trinajstić information content (AvgIpc) is 2.46. The van der Waals surface area contributed by atoms with E-state index in [-0.39, 0.29) is 0 Å². The Hall–Kier alpha value is -1.79. The predicted octanol–water partition coefficient (Wildman–Crippen LogP) is 4.03. The lowest BCUT2D eigenvalue weighted by molar-refractivity contribution is 0.306. The van der Waals surface area contributed by atoms with E-state index >= 15 is 0 Å². The number of benzene rings is 2. The molecule has 2 aromatic rings. The molecule has 0 amide bonds. The van der Waals surface area contributed by atoms with Crippen molar-refractivity contribution < 1.29 is 4.74 Å². The van der Waals surface area contributed by atoms with Gasteiger partial charge in [-0.15, -0.1) is 0 Å². The van der Waals surface area contributed by atoms with Crippen LogP contribution in [0.25, 0.3) is 0 Å². The van der Waals surface area contributed by atoms with Crippen LogP contribution in [0.5, 0.6) is 5.75 Å². The number of nitrogens with zero attached hydrogens (tertiary/aromatic N) is 1. The number of alkyl halides is 1. The summed E-state index contributed by atoms with van der Waals surface area (Å²) in [5.74, 6) is 0.835. The van der Waals surface area contributed by atoms with Gasteiger partial charge >= 0.3 is 0 Å². The number of rotatable bonds is 4. The van der Waals surface area contributed by atoms with Crippen molar-refractivity contribution in [3.8, 4) is 11.8 Å². The minimum absolute atomic E-state index is 0.475. The van der Waals surface area contributed by atoms with Crippen LogP contribution in [0, 0.1) is 11.3 Å². The summed E-state index contributed by atoms with van der Waals surface area (Å²) in [6.07, 6.45) is 0. The maximum Gasteiger partial charge on any atom is 0.119 e. The van der Waals surface area contributed by atoms with Crippen LogP contribution in [-0.4, -0.2) is 0 Å². The molecule has 0 unspecified atom stereocenters. The van der Waals surface area contributed by atoms with Crippen LogP contribution in [0.4, 0.5) is 0 Å². The van der Waals surface area contributed by atoms with E-state index in [1.165, 1.54) is 5.56 Å². The molecule has 90 valence electrons. The SMILES string of the molecule is N#Cc1cccc(COc2ccc(CBr)cc2)c1. The lowest BCUT2D eigenvalue weighted by Crippen LogP contribution is -1.95. The molecule has 0 aromatic heterocycles. The van der Waals surface area contributed by atoms with Crippen molar-refractivity contribution in [2.24, 2.45) is 0 Å². The van der Waals surface area contributed by atoms with Crippen molar-refractivity contribution in [1.29, 1.82) is 5.26 Å². The lowest BCUT2D eigenvalue weighted by atomic mass is 10.1. The van der Waals surface area contributed by atoms with E-state index in [0.717, 1.165) is 16.6 Å². The summed E-state index contributed by atoms with van der Waals surface area (Å²) in [6, 6.07) is 17.5.